The van der Waals surface area contributed by atoms with E-state index >= 15 is 0 Å². The molecule has 2 aromatic carbocycles. The molecule has 0 bridgehead atoms. The van der Waals surface area contributed by atoms with Crippen LogP contribution in [0.4, 0.5) is 19.4 Å². The maximum atomic E-state index is 12.6. The molecule has 0 aliphatic heterocycles. The smallest absolute Gasteiger partial charge is 0.343 e. The van der Waals surface area contributed by atoms with E-state index in [1.165, 1.54) is 31.4 Å². The Morgan fingerprint density at radius 3 is 1.74 bits per heavy atom. The van der Waals surface area contributed by atoms with Gasteiger partial charge in [0.25, 0.3) is 0 Å². The molecule has 0 N–H and O–H groups in total. The van der Waals surface area contributed by atoms with E-state index in [-0.39, 0.29) is 23.4 Å². The summed E-state index contributed by atoms with van der Waals surface area (Å²) in [5, 5.41) is 0. The zero-order valence-electron chi connectivity index (χ0n) is 11.6. The Labute approximate surface area is 128 Å². The molecule has 0 fully saturated rings. The van der Waals surface area contributed by atoms with Crippen LogP contribution >= 0.6 is 10.2 Å². The first-order chi connectivity index (χ1) is 10.4. The first kappa shape index (κ1) is 17.1. The highest BCUT2D eigenvalue weighted by Crippen LogP contribution is 3.02. The lowest BCUT2D eigenvalue weighted by Crippen LogP contribution is -2.09. The fourth-order valence-electron chi connectivity index (χ4n) is 1.66. The molecule has 23 heavy (non-hydrogen) atoms. The summed E-state index contributed by atoms with van der Waals surface area (Å²) in [6, 6.07) is 7.45. The van der Waals surface area contributed by atoms with Crippen molar-refractivity contribution in [2.24, 2.45) is 0 Å². The van der Waals surface area contributed by atoms with Crippen molar-refractivity contribution >= 4 is 16.2 Å². The third-order valence-electron chi connectivity index (χ3n) is 2.81. The Morgan fingerprint density at radius 2 is 1.30 bits per heavy atom. The van der Waals surface area contributed by atoms with Crippen molar-refractivity contribution in [3.05, 3.63) is 54.1 Å². The van der Waals surface area contributed by atoms with E-state index in [4.69, 9.17) is 9.47 Å². The van der Waals surface area contributed by atoms with Crippen molar-refractivity contribution in [2.75, 3.05) is 7.11 Å². The van der Waals surface area contributed by atoms with Gasteiger partial charge in [-0.25, -0.2) is 4.79 Å². The Kier molecular flexibility index (Phi) is 3.60. The summed E-state index contributed by atoms with van der Waals surface area (Å²) < 4.78 is 72.5. The van der Waals surface area contributed by atoms with Crippen LogP contribution in [0.15, 0.2) is 53.4 Å². The summed E-state index contributed by atoms with van der Waals surface area (Å²) in [7, 11) is -8.29. The molecule has 0 saturated heterocycles. The van der Waals surface area contributed by atoms with Gasteiger partial charge in [-0.1, -0.05) is 19.4 Å². The predicted octanol–water partition coefficient (Wildman–Crippen LogP) is 5.57. The molecule has 3 nitrogen and oxygen atoms in total. The van der Waals surface area contributed by atoms with Gasteiger partial charge in [0.1, 0.15) is 16.4 Å². The van der Waals surface area contributed by atoms with E-state index in [0.29, 0.717) is 17.9 Å². The lowest BCUT2D eigenvalue weighted by Gasteiger charge is -2.40. The SMILES string of the molecule is COc1ccc(C(=O)Oc2ccc(S(F)(F)(F)(F)F)cc2)cc1. The monoisotopic (exact) mass is 354 g/mol. The van der Waals surface area contributed by atoms with E-state index in [0.717, 1.165) is 0 Å². The molecule has 0 heterocycles. The number of carbonyl (C=O) groups is 1. The van der Waals surface area contributed by atoms with Crippen LogP contribution in [0.1, 0.15) is 10.4 Å². The van der Waals surface area contributed by atoms with Crippen molar-refractivity contribution in [1.82, 2.24) is 0 Å². The van der Waals surface area contributed by atoms with Gasteiger partial charge >= 0.3 is 16.2 Å². The lowest BCUT2D eigenvalue weighted by atomic mass is 10.2. The summed E-state index contributed by atoms with van der Waals surface area (Å²) in [6.45, 7) is 0. The molecule has 0 aliphatic carbocycles. The molecule has 0 unspecified atom stereocenters. The first-order valence-electron chi connectivity index (χ1n) is 6.09. The molecular weight excluding hydrogens is 343 g/mol. The van der Waals surface area contributed by atoms with Gasteiger partial charge < -0.3 is 9.47 Å². The topological polar surface area (TPSA) is 35.5 Å². The summed E-state index contributed by atoms with van der Waals surface area (Å²) in [4.78, 5) is 9.75. The quantitative estimate of drug-likeness (QED) is 0.409. The Balaban J connectivity index is 2.16. The van der Waals surface area contributed by atoms with Gasteiger partial charge in [0.05, 0.1) is 12.7 Å². The average Bonchev–Trinajstić information content (AvgIpc) is 2.45. The van der Waals surface area contributed by atoms with Crippen molar-refractivity contribution in [1.29, 1.82) is 0 Å². The molecule has 0 aliphatic rings. The summed E-state index contributed by atoms with van der Waals surface area (Å²) in [5.41, 5.74) is 0.127. The Hall–Kier alpha value is -2.29. The van der Waals surface area contributed by atoms with Crippen LogP contribution in [0.25, 0.3) is 0 Å². The summed E-state index contributed by atoms with van der Waals surface area (Å²) in [5.74, 6) is -0.619. The van der Waals surface area contributed by atoms with E-state index in [2.05, 4.69) is 0 Å². The maximum Gasteiger partial charge on any atom is 0.343 e. The molecule has 126 valence electrons. The number of benzene rings is 2. The first-order valence-corrected chi connectivity index (χ1v) is 8.04. The number of hydrogen-bond donors (Lipinski definition) is 0. The second-order valence-electron chi connectivity index (χ2n) is 4.56. The lowest BCUT2D eigenvalue weighted by molar-refractivity contribution is 0.0734. The normalized spacial score (nSPS) is 14.5. The minimum Gasteiger partial charge on any atom is -0.497 e. The molecular formula is C14H11F5O3S. The Bertz CT molecular complexity index is 724. The fourth-order valence-corrected chi connectivity index (χ4v) is 2.31. The number of esters is 1. The van der Waals surface area contributed by atoms with Gasteiger partial charge in [-0.2, -0.15) is 0 Å². The molecule has 0 aromatic heterocycles. The molecule has 2 rings (SSSR count). The number of carbonyl (C=O) groups excluding carboxylic acids is 1. The van der Waals surface area contributed by atoms with Gasteiger partial charge in [0.15, 0.2) is 0 Å². The minimum atomic E-state index is -9.73. The highest BCUT2D eigenvalue weighted by Gasteiger charge is 2.65. The molecule has 0 radical (unpaired) electrons. The van der Waals surface area contributed by atoms with Gasteiger partial charge in [0, 0.05) is 0 Å². The predicted molar refractivity (Wildman–Crippen MR) is 75.8 cm³/mol. The zero-order chi connectivity index (χ0) is 17.4. The van der Waals surface area contributed by atoms with Gasteiger partial charge in [0.2, 0.25) is 0 Å². The average molecular weight is 354 g/mol. The second-order valence-corrected chi connectivity index (χ2v) is 6.97. The van der Waals surface area contributed by atoms with Crippen molar-refractivity contribution in [2.45, 2.75) is 4.90 Å². The van der Waals surface area contributed by atoms with Crippen LogP contribution in [-0.2, 0) is 0 Å². The van der Waals surface area contributed by atoms with E-state index in [1.54, 1.807) is 0 Å². The van der Waals surface area contributed by atoms with Gasteiger partial charge in [-0.3, -0.25) is 0 Å². The van der Waals surface area contributed by atoms with E-state index < -0.39 is 21.1 Å². The largest absolute Gasteiger partial charge is 0.497 e. The van der Waals surface area contributed by atoms with E-state index in [1.807, 2.05) is 0 Å². The third-order valence-corrected chi connectivity index (χ3v) is 3.97. The number of hydrogen-bond acceptors (Lipinski definition) is 3. The van der Waals surface area contributed by atoms with Gasteiger partial charge in [-0.15, -0.1) is 0 Å². The molecule has 9 heteroatoms. The highest BCUT2D eigenvalue weighted by atomic mass is 32.5. The number of halogens is 5. The number of ether oxygens (including phenoxy) is 2. The van der Waals surface area contributed by atoms with Crippen molar-refractivity contribution in [3.8, 4) is 11.5 Å². The van der Waals surface area contributed by atoms with Crippen LogP contribution in [-0.4, -0.2) is 13.1 Å². The fraction of sp³-hybridized carbons (Fsp3) is 0.0714. The summed E-state index contributed by atoms with van der Waals surface area (Å²) >= 11 is 0. The highest BCUT2D eigenvalue weighted by molar-refractivity contribution is 8.45. The number of rotatable bonds is 4. The van der Waals surface area contributed by atoms with E-state index in [9.17, 15) is 24.2 Å². The molecule has 0 amide bonds. The molecule has 0 saturated carbocycles. The van der Waals surface area contributed by atoms with Crippen LogP contribution in [0.3, 0.4) is 0 Å². The maximum absolute atomic E-state index is 12.6. The van der Waals surface area contributed by atoms with Crippen LogP contribution in [0, 0.1) is 0 Å². The number of methoxy groups -OCH3 is 1. The minimum absolute atomic E-state index is 0.127. The Morgan fingerprint density at radius 1 is 0.826 bits per heavy atom. The van der Waals surface area contributed by atoms with Crippen LogP contribution in [0.5, 0.6) is 11.5 Å². The molecule has 2 aromatic rings. The second kappa shape index (κ2) is 4.85. The van der Waals surface area contributed by atoms with Crippen molar-refractivity contribution < 1.29 is 33.7 Å². The molecule has 0 atom stereocenters. The van der Waals surface area contributed by atoms with Crippen molar-refractivity contribution in [3.63, 3.8) is 0 Å². The molecule has 0 spiro atoms. The standard InChI is InChI=1S/C14H11F5O3S/c1-21-11-4-2-10(3-5-11)14(20)22-12-6-8-13(9-7-12)23(15,16,17,18)19/h2-9H,1H3. The van der Waals surface area contributed by atoms with Gasteiger partial charge in [-0.05, 0) is 48.5 Å². The summed E-state index contributed by atoms with van der Waals surface area (Å²) in [6.07, 6.45) is 0. The third kappa shape index (κ3) is 4.35. The zero-order valence-corrected chi connectivity index (χ0v) is 12.5. The van der Waals surface area contributed by atoms with Crippen LogP contribution < -0.4 is 9.47 Å². The van der Waals surface area contributed by atoms with Crippen LogP contribution in [0.2, 0.25) is 0 Å².